The van der Waals surface area contributed by atoms with Crippen LogP contribution in [-0.2, 0) is 11.2 Å². The van der Waals surface area contributed by atoms with Crippen LogP contribution in [0, 0.1) is 11.3 Å². The predicted octanol–water partition coefficient (Wildman–Crippen LogP) is 1.88. The van der Waals surface area contributed by atoms with Crippen molar-refractivity contribution in [1.82, 2.24) is 15.0 Å². The van der Waals surface area contributed by atoms with Gasteiger partial charge >= 0.3 is 5.97 Å². The van der Waals surface area contributed by atoms with Crippen molar-refractivity contribution in [1.29, 1.82) is 5.26 Å². The monoisotopic (exact) mass is 270 g/mol. The van der Waals surface area contributed by atoms with Crippen molar-refractivity contribution < 1.29 is 9.53 Å². The minimum Gasteiger partial charge on any atom is -0.465 e. The van der Waals surface area contributed by atoms with Gasteiger partial charge in [0.25, 0.3) is 0 Å². The summed E-state index contributed by atoms with van der Waals surface area (Å²) in [4.78, 5) is 11.5. The number of hydrogen-bond donors (Lipinski definition) is 0. The van der Waals surface area contributed by atoms with Crippen LogP contribution in [-0.4, -0.2) is 28.1 Å². The number of nitriles is 1. The molecular formula is C14H14N4O2. The minimum absolute atomic E-state index is 0.315. The summed E-state index contributed by atoms with van der Waals surface area (Å²) in [6, 6.07) is 8.91. The smallest absolute Gasteiger partial charge is 0.337 e. The topological polar surface area (TPSA) is 80.8 Å². The number of esters is 1. The van der Waals surface area contributed by atoms with Crippen molar-refractivity contribution in [3.63, 3.8) is 0 Å². The van der Waals surface area contributed by atoms with Crippen molar-refractivity contribution in [2.24, 2.45) is 0 Å². The highest BCUT2D eigenvalue weighted by atomic mass is 16.5. The van der Waals surface area contributed by atoms with E-state index in [4.69, 9.17) is 10.00 Å². The van der Waals surface area contributed by atoms with Crippen molar-refractivity contribution in [3.8, 4) is 11.8 Å². The van der Waals surface area contributed by atoms with Crippen molar-refractivity contribution in [2.45, 2.75) is 19.8 Å². The molecule has 6 nitrogen and oxygen atoms in total. The molecule has 0 saturated carbocycles. The van der Waals surface area contributed by atoms with Crippen LogP contribution in [0.3, 0.4) is 0 Å². The molecule has 1 aromatic heterocycles. The van der Waals surface area contributed by atoms with Crippen LogP contribution in [0.15, 0.2) is 24.3 Å². The van der Waals surface area contributed by atoms with Gasteiger partial charge < -0.3 is 4.74 Å². The second-order valence-electron chi connectivity index (χ2n) is 4.20. The highest BCUT2D eigenvalue weighted by Crippen LogP contribution is 2.16. The van der Waals surface area contributed by atoms with Gasteiger partial charge in [0.05, 0.1) is 24.1 Å². The molecular weight excluding hydrogens is 256 g/mol. The average Bonchev–Trinajstić information content (AvgIpc) is 2.90. The molecule has 0 radical (unpaired) electrons. The Kier molecular flexibility index (Phi) is 4.11. The minimum atomic E-state index is -0.412. The Hall–Kier alpha value is -2.68. The lowest BCUT2D eigenvalue weighted by Gasteiger charge is -2.07. The number of nitrogens with zero attached hydrogens (tertiary/aromatic N) is 4. The zero-order valence-corrected chi connectivity index (χ0v) is 11.3. The van der Waals surface area contributed by atoms with Gasteiger partial charge in [-0.1, -0.05) is 24.6 Å². The van der Waals surface area contributed by atoms with E-state index in [9.17, 15) is 4.79 Å². The molecule has 0 N–H and O–H groups in total. The van der Waals surface area contributed by atoms with E-state index in [1.165, 1.54) is 7.11 Å². The van der Waals surface area contributed by atoms with Crippen LogP contribution in [0.4, 0.5) is 0 Å². The standard InChI is InChI=1S/C14H14N4O2/c1-3-5-13-12(9-15)16-17-18(13)11-7-4-6-10(8-11)14(19)20-2/h4,6-8H,3,5H2,1-2H3. The highest BCUT2D eigenvalue weighted by molar-refractivity contribution is 5.89. The van der Waals surface area contributed by atoms with E-state index in [0.29, 0.717) is 23.4 Å². The van der Waals surface area contributed by atoms with Gasteiger partial charge in [0, 0.05) is 0 Å². The first-order valence-electron chi connectivity index (χ1n) is 6.24. The van der Waals surface area contributed by atoms with Crippen LogP contribution in [0.5, 0.6) is 0 Å². The van der Waals surface area contributed by atoms with Gasteiger partial charge in [0.2, 0.25) is 0 Å². The Morgan fingerprint density at radius 1 is 1.50 bits per heavy atom. The summed E-state index contributed by atoms with van der Waals surface area (Å²) >= 11 is 0. The van der Waals surface area contributed by atoms with Gasteiger partial charge in [-0.3, -0.25) is 0 Å². The van der Waals surface area contributed by atoms with E-state index < -0.39 is 5.97 Å². The van der Waals surface area contributed by atoms with E-state index >= 15 is 0 Å². The normalized spacial score (nSPS) is 10.1. The fraction of sp³-hybridized carbons (Fsp3) is 0.286. The van der Waals surface area contributed by atoms with Crippen LogP contribution in [0.25, 0.3) is 5.69 Å². The zero-order valence-electron chi connectivity index (χ0n) is 11.3. The van der Waals surface area contributed by atoms with E-state index in [0.717, 1.165) is 12.1 Å². The Bertz CT molecular complexity index is 670. The first kappa shape index (κ1) is 13.7. The Morgan fingerprint density at radius 2 is 2.30 bits per heavy atom. The summed E-state index contributed by atoms with van der Waals surface area (Å²) in [6.45, 7) is 2.02. The molecule has 20 heavy (non-hydrogen) atoms. The number of ether oxygens (including phenoxy) is 1. The molecule has 0 spiro atoms. The molecule has 0 aliphatic carbocycles. The molecule has 1 heterocycles. The van der Waals surface area contributed by atoms with Gasteiger partial charge in [-0.2, -0.15) is 5.26 Å². The SMILES string of the molecule is CCCc1c(C#N)nnn1-c1cccc(C(=O)OC)c1. The maximum atomic E-state index is 11.5. The maximum Gasteiger partial charge on any atom is 0.337 e. The molecule has 0 saturated heterocycles. The van der Waals surface area contributed by atoms with E-state index in [1.54, 1.807) is 28.9 Å². The van der Waals surface area contributed by atoms with Gasteiger partial charge in [0.15, 0.2) is 5.69 Å². The fourth-order valence-electron chi connectivity index (χ4n) is 1.94. The van der Waals surface area contributed by atoms with Crippen molar-refractivity contribution in [2.75, 3.05) is 7.11 Å². The Morgan fingerprint density at radius 3 is 2.95 bits per heavy atom. The molecule has 1 aromatic carbocycles. The van der Waals surface area contributed by atoms with Crippen LogP contribution < -0.4 is 0 Å². The van der Waals surface area contributed by atoms with Crippen molar-refractivity contribution >= 4 is 5.97 Å². The highest BCUT2D eigenvalue weighted by Gasteiger charge is 2.14. The first-order valence-corrected chi connectivity index (χ1v) is 6.24. The zero-order chi connectivity index (χ0) is 14.5. The number of rotatable bonds is 4. The molecule has 6 heteroatoms. The molecule has 2 aromatic rings. The van der Waals surface area contributed by atoms with Gasteiger partial charge in [-0.15, -0.1) is 5.10 Å². The molecule has 0 amide bonds. The number of hydrogen-bond acceptors (Lipinski definition) is 5. The van der Waals surface area contributed by atoms with E-state index in [-0.39, 0.29) is 0 Å². The number of aromatic nitrogens is 3. The lowest BCUT2D eigenvalue weighted by atomic mass is 10.1. The molecule has 0 unspecified atom stereocenters. The van der Waals surface area contributed by atoms with Gasteiger partial charge in [-0.05, 0) is 24.6 Å². The Balaban J connectivity index is 2.49. The second kappa shape index (κ2) is 5.97. The van der Waals surface area contributed by atoms with E-state index in [1.807, 2.05) is 13.0 Å². The number of carbonyl (C=O) groups is 1. The Labute approximate surface area is 116 Å². The molecule has 2 rings (SSSR count). The van der Waals surface area contributed by atoms with Crippen molar-refractivity contribution in [3.05, 3.63) is 41.2 Å². The van der Waals surface area contributed by atoms with Gasteiger partial charge in [-0.25, -0.2) is 9.48 Å². The third-order valence-corrected chi connectivity index (χ3v) is 2.87. The number of methoxy groups -OCH3 is 1. The molecule has 102 valence electrons. The molecule has 0 bridgehead atoms. The summed E-state index contributed by atoms with van der Waals surface area (Å²) < 4.78 is 6.29. The quantitative estimate of drug-likeness (QED) is 0.792. The second-order valence-corrected chi connectivity index (χ2v) is 4.20. The predicted molar refractivity (Wildman–Crippen MR) is 71.4 cm³/mol. The summed E-state index contributed by atoms with van der Waals surface area (Å²) in [5.74, 6) is -0.412. The van der Waals surface area contributed by atoms with Crippen LogP contribution >= 0.6 is 0 Å². The van der Waals surface area contributed by atoms with Crippen LogP contribution in [0.1, 0.15) is 35.1 Å². The molecule has 0 fully saturated rings. The largest absolute Gasteiger partial charge is 0.465 e. The number of benzene rings is 1. The van der Waals surface area contributed by atoms with E-state index in [2.05, 4.69) is 10.3 Å². The first-order chi connectivity index (χ1) is 9.71. The fourth-order valence-corrected chi connectivity index (χ4v) is 1.94. The molecule has 0 aliphatic heterocycles. The lowest BCUT2D eigenvalue weighted by Crippen LogP contribution is -2.06. The maximum absolute atomic E-state index is 11.5. The average molecular weight is 270 g/mol. The third kappa shape index (κ3) is 2.52. The van der Waals surface area contributed by atoms with Gasteiger partial charge in [0.1, 0.15) is 6.07 Å². The summed E-state index contributed by atoms with van der Waals surface area (Å²) in [6.07, 6.45) is 1.57. The number of carbonyl (C=O) groups excluding carboxylic acids is 1. The molecule has 0 atom stereocenters. The third-order valence-electron chi connectivity index (χ3n) is 2.87. The summed E-state index contributed by atoms with van der Waals surface area (Å²) in [5, 5.41) is 16.9. The lowest BCUT2D eigenvalue weighted by molar-refractivity contribution is 0.0600. The van der Waals surface area contributed by atoms with Crippen LogP contribution in [0.2, 0.25) is 0 Å². The summed E-state index contributed by atoms with van der Waals surface area (Å²) in [7, 11) is 1.33. The summed E-state index contributed by atoms with van der Waals surface area (Å²) in [5.41, 5.74) is 2.18. The molecule has 0 aliphatic rings.